The van der Waals surface area contributed by atoms with Gasteiger partial charge in [0.15, 0.2) is 0 Å². The first-order chi connectivity index (χ1) is 5.79. The minimum Gasteiger partial charge on any atom is -0.315 e. The summed E-state index contributed by atoms with van der Waals surface area (Å²) in [4.78, 5) is 0. The SMILES string of the molecule is CC(C)NCCCCNC1CC1. The van der Waals surface area contributed by atoms with Crippen LogP contribution in [0.1, 0.15) is 39.5 Å². The molecule has 0 radical (unpaired) electrons. The monoisotopic (exact) mass is 170 g/mol. The number of hydrogen-bond donors (Lipinski definition) is 2. The summed E-state index contributed by atoms with van der Waals surface area (Å²) in [5.74, 6) is 0. The van der Waals surface area contributed by atoms with Gasteiger partial charge in [0.1, 0.15) is 0 Å². The second kappa shape index (κ2) is 5.55. The van der Waals surface area contributed by atoms with E-state index in [0.29, 0.717) is 6.04 Å². The molecular weight excluding hydrogens is 148 g/mol. The van der Waals surface area contributed by atoms with Gasteiger partial charge in [-0.1, -0.05) is 13.8 Å². The zero-order chi connectivity index (χ0) is 8.81. The first kappa shape index (κ1) is 10.0. The highest BCUT2D eigenvalue weighted by Crippen LogP contribution is 2.18. The van der Waals surface area contributed by atoms with Crippen molar-refractivity contribution in [2.45, 2.75) is 51.6 Å². The summed E-state index contributed by atoms with van der Waals surface area (Å²) in [6, 6.07) is 1.52. The van der Waals surface area contributed by atoms with E-state index >= 15 is 0 Å². The quantitative estimate of drug-likeness (QED) is 0.566. The highest BCUT2D eigenvalue weighted by Gasteiger charge is 2.19. The molecule has 1 saturated carbocycles. The zero-order valence-corrected chi connectivity index (χ0v) is 8.40. The Labute approximate surface area is 76.1 Å². The summed E-state index contributed by atoms with van der Waals surface area (Å²) >= 11 is 0. The highest BCUT2D eigenvalue weighted by molar-refractivity contribution is 4.80. The fourth-order valence-corrected chi connectivity index (χ4v) is 1.23. The van der Waals surface area contributed by atoms with E-state index in [2.05, 4.69) is 24.5 Å². The minimum absolute atomic E-state index is 0.640. The van der Waals surface area contributed by atoms with Gasteiger partial charge >= 0.3 is 0 Å². The van der Waals surface area contributed by atoms with E-state index in [-0.39, 0.29) is 0 Å². The van der Waals surface area contributed by atoms with Gasteiger partial charge in [0.05, 0.1) is 0 Å². The van der Waals surface area contributed by atoms with Gasteiger partial charge in [-0.3, -0.25) is 0 Å². The van der Waals surface area contributed by atoms with E-state index < -0.39 is 0 Å². The third-order valence-electron chi connectivity index (χ3n) is 2.17. The lowest BCUT2D eigenvalue weighted by atomic mass is 10.3. The van der Waals surface area contributed by atoms with Crippen LogP contribution in [0.25, 0.3) is 0 Å². The smallest absolute Gasteiger partial charge is 0.00682 e. The average Bonchev–Trinajstić information content (AvgIpc) is 2.79. The second-order valence-electron chi connectivity index (χ2n) is 4.04. The van der Waals surface area contributed by atoms with Crippen molar-refractivity contribution < 1.29 is 0 Å². The van der Waals surface area contributed by atoms with Gasteiger partial charge < -0.3 is 10.6 Å². The Bertz CT molecular complexity index is 102. The van der Waals surface area contributed by atoms with Crippen molar-refractivity contribution in [3.8, 4) is 0 Å². The summed E-state index contributed by atoms with van der Waals surface area (Å²) < 4.78 is 0. The predicted octanol–water partition coefficient (Wildman–Crippen LogP) is 1.52. The van der Waals surface area contributed by atoms with E-state index in [9.17, 15) is 0 Å². The Kier molecular flexibility index (Phi) is 4.62. The maximum absolute atomic E-state index is 3.52. The van der Waals surface area contributed by atoms with Gasteiger partial charge in [-0.2, -0.15) is 0 Å². The average molecular weight is 170 g/mol. The molecule has 0 heterocycles. The van der Waals surface area contributed by atoms with Gasteiger partial charge in [-0.25, -0.2) is 0 Å². The summed E-state index contributed by atoms with van der Waals surface area (Å²) in [6.07, 6.45) is 5.43. The number of hydrogen-bond acceptors (Lipinski definition) is 2. The molecule has 1 fully saturated rings. The highest BCUT2D eigenvalue weighted by atomic mass is 14.9. The van der Waals surface area contributed by atoms with Crippen LogP contribution in [-0.2, 0) is 0 Å². The Hall–Kier alpha value is -0.0800. The van der Waals surface area contributed by atoms with Crippen molar-refractivity contribution in [3.05, 3.63) is 0 Å². The molecule has 1 aliphatic rings. The molecule has 0 atom stereocenters. The third-order valence-corrected chi connectivity index (χ3v) is 2.17. The predicted molar refractivity (Wildman–Crippen MR) is 53.4 cm³/mol. The van der Waals surface area contributed by atoms with E-state index in [1.54, 1.807) is 0 Å². The molecule has 1 rings (SSSR count). The minimum atomic E-state index is 0.640. The van der Waals surface area contributed by atoms with E-state index in [4.69, 9.17) is 0 Å². The van der Waals surface area contributed by atoms with Gasteiger partial charge in [0.25, 0.3) is 0 Å². The van der Waals surface area contributed by atoms with Crippen LogP contribution in [0.4, 0.5) is 0 Å². The van der Waals surface area contributed by atoms with Crippen LogP contribution in [0.3, 0.4) is 0 Å². The van der Waals surface area contributed by atoms with E-state index in [1.807, 2.05) is 0 Å². The van der Waals surface area contributed by atoms with Gasteiger partial charge in [0, 0.05) is 12.1 Å². The molecule has 1 aliphatic carbocycles. The molecule has 2 heteroatoms. The molecule has 0 spiro atoms. The maximum atomic E-state index is 3.52. The molecule has 72 valence electrons. The van der Waals surface area contributed by atoms with Crippen LogP contribution < -0.4 is 10.6 Å². The van der Waals surface area contributed by atoms with Crippen LogP contribution in [-0.4, -0.2) is 25.2 Å². The molecular formula is C10H22N2. The number of rotatable bonds is 7. The lowest BCUT2D eigenvalue weighted by molar-refractivity contribution is 0.540. The molecule has 0 unspecified atom stereocenters. The summed E-state index contributed by atoms with van der Waals surface area (Å²) in [5, 5.41) is 6.94. The first-order valence-corrected chi connectivity index (χ1v) is 5.26. The van der Waals surface area contributed by atoms with Crippen molar-refractivity contribution >= 4 is 0 Å². The molecule has 0 bridgehead atoms. The van der Waals surface area contributed by atoms with Crippen molar-refractivity contribution in [3.63, 3.8) is 0 Å². The normalized spacial score (nSPS) is 17.2. The zero-order valence-electron chi connectivity index (χ0n) is 8.40. The fourth-order valence-electron chi connectivity index (χ4n) is 1.23. The molecule has 2 nitrogen and oxygen atoms in total. The largest absolute Gasteiger partial charge is 0.315 e. The van der Waals surface area contributed by atoms with Gasteiger partial charge in [-0.05, 0) is 38.8 Å². The molecule has 2 N–H and O–H groups in total. The van der Waals surface area contributed by atoms with Crippen LogP contribution in [0.5, 0.6) is 0 Å². The Morgan fingerprint density at radius 3 is 2.42 bits per heavy atom. The summed E-state index contributed by atoms with van der Waals surface area (Å²) in [5.41, 5.74) is 0. The van der Waals surface area contributed by atoms with Gasteiger partial charge in [-0.15, -0.1) is 0 Å². The fraction of sp³-hybridized carbons (Fsp3) is 1.00. The topological polar surface area (TPSA) is 24.1 Å². The van der Waals surface area contributed by atoms with Crippen LogP contribution in [0, 0.1) is 0 Å². The van der Waals surface area contributed by atoms with Crippen LogP contribution in [0.2, 0.25) is 0 Å². The van der Waals surface area contributed by atoms with Crippen LogP contribution >= 0.6 is 0 Å². The molecule has 0 aliphatic heterocycles. The summed E-state index contributed by atoms with van der Waals surface area (Å²) in [7, 11) is 0. The Morgan fingerprint density at radius 1 is 1.17 bits per heavy atom. The van der Waals surface area contributed by atoms with Crippen molar-refractivity contribution in [1.29, 1.82) is 0 Å². The summed E-state index contributed by atoms with van der Waals surface area (Å²) in [6.45, 7) is 6.78. The van der Waals surface area contributed by atoms with Crippen molar-refractivity contribution in [1.82, 2.24) is 10.6 Å². The number of nitrogens with one attached hydrogen (secondary N) is 2. The molecule has 0 aromatic rings. The maximum Gasteiger partial charge on any atom is 0.00682 e. The van der Waals surface area contributed by atoms with Crippen LogP contribution in [0.15, 0.2) is 0 Å². The van der Waals surface area contributed by atoms with E-state index in [1.165, 1.54) is 38.8 Å². The lowest BCUT2D eigenvalue weighted by Gasteiger charge is -2.07. The standard InChI is InChI=1S/C10H22N2/c1-9(2)11-7-3-4-8-12-10-5-6-10/h9-12H,3-8H2,1-2H3. The lowest BCUT2D eigenvalue weighted by Crippen LogP contribution is -2.25. The molecule has 0 amide bonds. The Morgan fingerprint density at radius 2 is 1.83 bits per heavy atom. The molecule has 0 saturated heterocycles. The molecule has 12 heavy (non-hydrogen) atoms. The first-order valence-electron chi connectivity index (χ1n) is 5.26. The van der Waals surface area contributed by atoms with Gasteiger partial charge in [0.2, 0.25) is 0 Å². The Balaban J connectivity index is 1.70. The van der Waals surface area contributed by atoms with E-state index in [0.717, 1.165) is 6.04 Å². The third kappa shape index (κ3) is 5.56. The molecule has 0 aromatic carbocycles. The second-order valence-corrected chi connectivity index (χ2v) is 4.04. The molecule has 0 aromatic heterocycles. The van der Waals surface area contributed by atoms with Crippen molar-refractivity contribution in [2.24, 2.45) is 0 Å². The number of unbranched alkanes of at least 4 members (excludes halogenated alkanes) is 1. The van der Waals surface area contributed by atoms with Crippen molar-refractivity contribution in [2.75, 3.05) is 13.1 Å².